The Morgan fingerprint density at radius 1 is 1.27 bits per heavy atom. The number of fused-ring (bicyclic) bond motifs is 1. The number of aromatic amines is 1. The van der Waals surface area contributed by atoms with Crippen LogP contribution in [-0.2, 0) is 18.3 Å². The second kappa shape index (κ2) is 3.34. The van der Waals surface area contributed by atoms with Gasteiger partial charge in [-0.1, -0.05) is 6.92 Å². The van der Waals surface area contributed by atoms with Gasteiger partial charge in [0.2, 0.25) is 0 Å². The Hall–Kier alpha value is -0.830. The van der Waals surface area contributed by atoms with Crippen molar-refractivity contribution in [2.24, 2.45) is 0 Å². The second-order valence-corrected chi connectivity index (χ2v) is 5.21. The highest BCUT2D eigenvalue weighted by atomic mass is 15.0. The first-order valence-electron chi connectivity index (χ1n) is 6.07. The Morgan fingerprint density at radius 3 is 2.87 bits per heavy atom. The van der Waals surface area contributed by atoms with Crippen molar-refractivity contribution in [3.63, 3.8) is 0 Å². The van der Waals surface area contributed by atoms with E-state index < -0.39 is 0 Å². The van der Waals surface area contributed by atoms with Crippen LogP contribution in [0.15, 0.2) is 0 Å². The minimum atomic E-state index is 0.247. The van der Waals surface area contributed by atoms with Crippen molar-refractivity contribution in [3.8, 4) is 0 Å². The average Bonchev–Trinajstić information content (AvgIpc) is 2.84. The molecule has 2 heterocycles. The van der Waals surface area contributed by atoms with Crippen molar-refractivity contribution < 1.29 is 0 Å². The summed E-state index contributed by atoms with van der Waals surface area (Å²) in [6.45, 7) is 4.51. The summed E-state index contributed by atoms with van der Waals surface area (Å²) in [4.78, 5) is 8.37. The Labute approximate surface area is 90.7 Å². The maximum Gasteiger partial charge on any atom is 0.113 e. The van der Waals surface area contributed by atoms with Crippen LogP contribution in [0.25, 0.3) is 0 Å². The third-order valence-electron chi connectivity index (χ3n) is 3.90. The Morgan fingerprint density at radius 2 is 2.13 bits per heavy atom. The van der Waals surface area contributed by atoms with Gasteiger partial charge >= 0.3 is 0 Å². The molecular formula is C12H19N3. The normalized spacial score (nSPS) is 30.5. The molecule has 0 aromatic carbocycles. The van der Waals surface area contributed by atoms with Gasteiger partial charge in [0.25, 0.3) is 0 Å². The first kappa shape index (κ1) is 9.40. The first-order chi connectivity index (χ1) is 7.28. The molecule has 1 aliphatic carbocycles. The van der Waals surface area contributed by atoms with Gasteiger partial charge in [0.05, 0.1) is 5.69 Å². The maximum atomic E-state index is 4.81. The van der Waals surface area contributed by atoms with E-state index in [0.717, 1.165) is 13.1 Å². The molecule has 1 saturated heterocycles. The molecule has 1 aromatic rings. The topological polar surface area (TPSA) is 40.7 Å². The smallest absolute Gasteiger partial charge is 0.113 e. The number of aromatic nitrogens is 2. The van der Waals surface area contributed by atoms with Crippen LogP contribution in [0.5, 0.6) is 0 Å². The number of nitrogens with zero attached hydrogens (tertiary/aromatic N) is 1. The van der Waals surface area contributed by atoms with Gasteiger partial charge in [0.1, 0.15) is 5.82 Å². The summed E-state index contributed by atoms with van der Waals surface area (Å²) in [5.41, 5.74) is 2.99. The molecule has 3 nitrogen and oxygen atoms in total. The Balaban J connectivity index is 1.95. The van der Waals surface area contributed by atoms with Gasteiger partial charge in [-0.2, -0.15) is 0 Å². The highest BCUT2D eigenvalue weighted by molar-refractivity contribution is 5.22. The lowest BCUT2D eigenvalue weighted by molar-refractivity contribution is 0.493. The summed E-state index contributed by atoms with van der Waals surface area (Å²) < 4.78 is 0. The number of hydrogen-bond acceptors (Lipinski definition) is 2. The molecule has 15 heavy (non-hydrogen) atoms. The van der Waals surface area contributed by atoms with E-state index in [0.29, 0.717) is 0 Å². The van der Waals surface area contributed by atoms with E-state index in [-0.39, 0.29) is 5.41 Å². The standard InChI is InChI=1S/C12H19N3/c1-12(6-7-13-8-12)11-14-9-4-2-3-5-10(9)15-11/h13H,2-8H2,1H3,(H,14,15). The van der Waals surface area contributed by atoms with Gasteiger partial charge in [-0.25, -0.2) is 4.98 Å². The van der Waals surface area contributed by atoms with Crippen LogP contribution in [0.4, 0.5) is 0 Å². The molecule has 0 amide bonds. The predicted octanol–water partition coefficient (Wildman–Crippen LogP) is 1.54. The highest BCUT2D eigenvalue weighted by Crippen LogP contribution is 2.30. The van der Waals surface area contributed by atoms with Crippen LogP contribution in [0.1, 0.15) is 43.4 Å². The largest absolute Gasteiger partial charge is 0.345 e. The van der Waals surface area contributed by atoms with Crippen molar-refractivity contribution in [1.29, 1.82) is 0 Å². The SMILES string of the molecule is CC1(c2nc3c([nH]2)CCCC3)CCNC1. The summed E-state index contributed by atoms with van der Waals surface area (Å²) in [5.74, 6) is 1.22. The van der Waals surface area contributed by atoms with Crippen LogP contribution >= 0.6 is 0 Å². The van der Waals surface area contributed by atoms with Crippen molar-refractivity contribution in [1.82, 2.24) is 15.3 Å². The lowest BCUT2D eigenvalue weighted by atomic mass is 9.89. The van der Waals surface area contributed by atoms with E-state index >= 15 is 0 Å². The number of hydrogen-bond donors (Lipinski definition) is 2. The van der Waals surface area contributed by atoms with Crippen LogP contribution < -0.4 is 5.32 Å². The Kier molecular flexibility index (Phi) is 2.09. The van der Waals surface area contributed by atoms with Crippen LogP contribution in [0.2, 0.25) is 0 Å². The monoisotopic (exact) mass is 205 g/mol. The minimum Gasteiger partial charge on any atom is -0.345 e. The number of rotatable bonds is 1. The van der Waals surface area contributed by atoms with Crippen LogP contribution in [-0.4, -0.2) is 23.1 Å². The van der Waals surface area contributed by atoms with E-state index in [1.807, 2.05) is 0 Å². The quantitative estimate of drug-likeness (QED) is 0.730. The zero-order chi connectivity index (χ0) is 10.3. The van der Waals surface area contributed by atoms with Gasteiger partial charge in [-0.3, -0.25) is 0 Å². The minimum absolute atomic E-state index is 0.247. The summed E-state index contributed by atoms with van der Waals surface area (Å²) in [5, 5.41) is 3.43. The fourth-order valence-corrected chi connectivity index (χ4v) is 2.76. The molecule has 3 rings (SSSR count). The van der Waals surface area contributed by atoms with Gasteiger partial charge in [0.15, 0.2) is 0 Å². The number of nitrogens with one attached hydrogen (secondary N) is 2. The Bertz CT molecular complexity index is 337. The fraction of sp³-hybridized carbons (Fsp3) is 0.750. The fourth-order valence-electron chi connectivity index (χ4n) is 2.76. The van der Waals surface area contributed by atoms with Gasteiger partial charge in [0, 0.05) is 17.7 Å². The van der Waals surface area contributed by atoms with Crippen molar-refractivity contribution >= 4 is 0 Å². The third-order valence-corrected chi connectivity index (χ3v) is 3.90. The van der Waals surface area contributed by atoms with Crippen molar-refractivity contribution in [3.05, 3.63) is 17.2 Å². The van der Waals surface area contributed by atoms with Crippen molar-refractivity contribution in [2.75, 3.05) is 13.1 Å². The van der Waals surface area contributed by atoms with E-state index in [1.165, 1.54) is 49.3 Å². The lowest BCUT2D eigenvalue weighted by Crippen LogP contribution is -2.26. The molecule has 82 valence electrons. The van der Waals surface area contributed by atoms with Crippen LogP contribution in [0.3, 0.4) is 0 Å². The first-order valence-corrected chi connectivity index (χ1v) is 6.07. The molecule has 2 N–H and O–H groups in total. The molecule has 2 aliphatic rings. The number of aryl methyl sites for hydroxylation is 2. The molecule has 0 spiro atoms. The van der Waals surface area contributed by atoms with E-state index in [4.69, 9.17) is 4.98 Å². The zero-order valence-electron chi connectivity index (χ0n) is 9.40. The number of H-pyrrole nitrogens is 1. The number of imidazole rings is 1. The van der Waals surface area contributed by atoms with Crippen LogP contribution in [0, 0.1) is 0 Å². The summed E-state index contributed by atoms with van der Waals surface area (Å²) in [6, 6.07) is 0. The van der Waals surface area contributed by atoms with Crippen molar-refractivity contribution in [2.45, 2.75) is 44.4 Å². The summed E-state index contributed by atoms with van der Waals surface area (Å²) in [6.07, 6.45) is 6.22. The van der Waals surface area contributed by atoms with E-state index in [1.54, 1.807) is 0 Å². The highest BCUT2D eigenvalue weighted by Gasteiger charge is 2.34. The predicted molar refractivity (Wildman–Crippen MR) is 60.1 cm³/mol. The second-order valence-electron chi connectivity index (χ2n) is 5.21. The molecule has 0 saturated carbocycles. The van der Waals surface area contributed by atoms with Gasteiger partial charge < -0.3 is 10.3 Å². The molecule has 1 atom stereocenters. The average molecular weight is 205 g/mol. The third kappa shape index (κ3) is 1.49. The zero-order valence-corrected chi connectivity index (χ0v) is 9.40. The molecule has 1 aliphatic heterocycles. The molecule has 1 unspecified atom stereocenters. The molecule has 1 fully saturated rings. The molecule has 1 aromatic heterocycles. The molecule has 3 heteroatoms. The van der Waals surface area contributed by atoms with Gasteiger partial charge in [-0.05, 0) is 38.6 Å². The van der Waals surface area contributed by atoms with E-state index in [9.17, 15) is 0 Å². The van der Waals surface area contributed by atoms with E-state index in [2.05, 4.69) is 17.2 Å². The lowest BCUT2D eigenvalue weighted by Gasteiger charge is -2.19. The molecule has 0 radical (unpaired) electrons. The maximum absolute atomic E-state index is 4.81. The molecular weight excluding hydrogens is 186 g/mol. The summed E-state index contributed by atoms with van der Waals surface area (Å²) >= 11 is 0. The summed E-state index contributed by atoms with van der Waals surface area (Å²) in [7, 11) is 0. The van der Waals surface area contributed by atoms with Gasteiger partial charge in [-0.15, -0.1) is 0 Å². The molecule has 0 bridgehead atoms.